The average molecular weight is 337 g/mol. The average Bonchev–Trinajstić information content (AvgIpc) is 2.95. The number of halogens is 2. The van der Waals surface area contributed by atoms with Crippen LogP contribution in [0.2, 0.25) is 10.0 Å². The van der Waals surface area contributed by atoms with Gasteiger partial charge < -0.3 is 5.32 Å². The van der Waals surface area contributed by atoms with Gasteiger partial charge in [-0.15, -0.1) is 11.3 Å². The molecule has 21 heavy (non-hydrogen) atoms. The van der Waals surface area contributed by atoms with Gasteiger partial charge in [-0.2, -0.15) is 0 Å². The summed E-state index contributed by atoms with van der Waals surface area (Å²) in [6.07, 6.45) is 2.78. The monoisotopic (exact) mass is 336 g/mol. The quantitative estimate of drug-likeness (QED) is 0.716. The van der Waals surface area contributed by atoms with E-state index in [1.165, 1.54) is 10.3 Å². The lowest BCUT2D eigenvalue weighted by Crippen LogP contribution is -2.19. The van der Waals surface area contributed by atoms with Gasteiger partial charge in [-0.1, -0.05) is 29.3 Å². The van der Waals surface area contributed by atoms with Crippen LogP contribution in [0.25, 0.3) is 10.2 Å². The van der Waals surface area contributed by atoms with Crippen molar-refractivity contribution >= 4 is 44.8 Å². The lowest BCUT2D eigenvalue weighted by molar-refractivity contribution is 0.591. The Morgan fingerprint density at radius 3 is 2.81 bits per heavy atom. The Balaban J connectivity index is 1.88. The topological polar surface area (TPSA) is 24.9 Å². The number of hydrogen-bond acceptors (Lipinski definition) is 3. The first-order valence-electron chi connectivity index (χ1n) is 6.61. The van der Waals surface area contributed by atoms with Crippen LogP contribution >= 0.6 is 34.5 Å². The van der Waals surface area contributed by atoms with Crippen molar-refractivity contribution in [3.8, 4) is 0 Å². The van der Waals surface area contributed by atoms with Crippen molar-refractivity contribution in [2.45, 2.75) is 12.5 Å². The number of benzene rings is 1. The summed E-state index contributed by atoms with van der Waals surface area (Å²) in [5, 5.41) is 6.59. The Hall–Kier alpha value is -1.13. The number of pyridine rings is 1. The van der Waals surface area contributed by atoms with E-state index in [9.17, 15) is 0 Å². The molecule has 2 heterocycles. The minimum Gasteiger partial charge on any atom is -0.313 e. The molecule has 0 saturated heterocycles. The molecule has 2 nitrogen and oxygen atoms in total. The number of aromatic nitrogens is 1. The normalized spacial score (nSPS) is 12.7. The summed E-state index contributed by atoms with van der Waals surface area (Å²) >= 11 is 13.8. The molecule has 1 unspecified atom stereocenters. The van der Waals surface area contributed by atoms with Crippen molar-refractivity contribution in [1.82, 2.24) is 10.3 Å². The summed E-state index contributed by atoms with van der Waals surface area (Å²) in [4.78, 5) is 4.51. The maximum atomic E-state index is 6.09. The van der Waals surface area contributed by atoms with Crippen molar-refractivity contribution < 1.29 is 0 Å². The van der Waals surface area contributed by atoms with Gasteiger partial charge >= 0.3 is 0 Å². The fourth-order valence-corrected chi connectivity index (χ4v) is 3.45. The molecule has 0 amide bonds. The Morgan fingerprint density at radius 1 is 1.19 bits per heavy atom. The van der Waals surface area contributed by atoms with Gasteiger partial charge in [0.2, 0.25) is 0 Å². The third-order valence-corrected chi connectivity index (χ3v) is 5.09. The largest absolute Gasteiger partial charge is 0.313 e. The standard InChI is InChI=1S/C16H14Cl2N2S/c1-19-15(7-10-2-3-12(17)13(18)6-10)11-8-16-14(20-9-11)4-5-21-16/h2-6,8-9,15,19H,7H2,1H3. The molecule has 0 aliphatic heterocycles. The SMILES string of the molecule is CNC(Cc1ccc(Cl)c(Cl)c1)c1cnc2ccsc2c1. The second-order valence-electron chi connectivity index (χ2n) is 4.87. The molecule has 1 atom stereocenters. The van der Waals surface area contributed by atoms with Gasteiger partial charge in [0.25, 0.3) is 0 Å². The molecule has 1 aromatic carbocycles. The van der Waals surface area contributed by atoms with E-state index in [1.54, 1.807) is 11.3 Å². The lowest BCUT2D eigenvalue weighted by atomic mass is 10.0. The highest BCUT2D eigenvalue weighted by Crippen LogP contribution is 2.27. The van der Waals surface area contributed by atoms with Crippen LogP contribution in [0.4, 0.5) is 0 Å². The van der Waals surface area contributed by atoms with E-state index < -0.39 is 0 Å². The molecule has 108 valence electrons. The third kappa shape index (κ3) is 3.22. The molecule has 0 bridgehead atoms. The first-order chi connectivity index (χ1) is 10.2. The maximum Gasteiger partial charge on any atom is 0.0809 e. The summed E-state index contributed by atoms with van der Waals surface area (Å²) in [6.45, 7) is 0. The van der Waals surface area contributed by atoms with E-state index in [2.05, 4.69) is 21.7 Å². The minimum atomic E-state index is 0.196. The molecule has 2 aromatic heterocycles. The summed E-state index contributed by atoms with van der Waals surface area (Å²) in [5.41, 5.74) is 3.38. The molecule has 0 fully saturated rings. The number of nitrogens with zero attached hydrogens (tertiary/aromatic N) is 1. The minimum absolute atomic E-state index is 0.196. The van der Waals surface area contributed by atoms with Gasteiger partial charge in [0.05, 0.1) is 20.3 Å². The highest BCUT2D eigenvalue weighted by Gasteiger charge is 2.12. The smallest absolute Gasteiger partial charge is 0.0809 e. The van der Waals surface area contributed by atoms with Crippen LogP contribution in [0.3, 0.4) is 0 Å². The van der Waals surface area contributed by atoms with Gasteiger partial charge in [-0.3, -0.25) is 4.98 Å². The Bertz CT molecular complexity index is 770. The molecule has 3 aromatic rings. The molecule has 3 rings (SSSR count). The first-order valence-corrected chi connectivity index (χ1v) is 8.25. The first kappa shape index (κ1) is 14.8. The predicted molar refractivity (Wildman–Crippen MR) is 91.6 cm³/mol. The van der Waals surface area contributed by atoms with Gasteiger partial charge in [0.1, 0.15) is 0 Å². The third-order valence-electron chi connectivity index (χ3n) is 3.50. The van der Waals surface area contributed by atoms with E-state index >= 15 is 0 Å². The number of rotatable bonds is 4. The second-order valence-corrected chi connectivity index (χ2v) is 6.63. The van der Waals surface area contributed by atoms with Gasteiger partial charge in [-0.05, 0) is 54.2 Å². The second kappa shape index (κ2) is 6.32. The number of likely N-dealkylation sites (N-methyl/N-ethyl adjacent to an activating group) is 1. The van der Waals surface area contributed by atoms with Crippen LogP contribution in [0.1, 0.15) is 17.2 Å². The molecule has 0 aliphatic carbocycles. The van der Waals surface area contributed by atoms with Crippen LogP contribution in [0.15, 0.2) is 41.9 Å². The maximum absolute atomic E-state index is 6.09. The Labute approximate surface area is 137 Å². The fraction of sp³-hybridized carbons (Fsp3) is 0.188. The molecule has 5 heteroatoms. The Kier molecular flexibility index (Phi) is 4.45. The van der Waals surface area contributed by atoms with E-state index in [1.807, 2.05) is 37.5 Å². The van der Waals surface area contributed by atoms with Crippen molar-refractivity contribution in [3.63, 3.8) is 0 Å². The van der Waals surface area contributed by atoms with Gasteiger partial charge in [0.15, 0.2) is 0 Å². The van der Waals surface area contributed by atoms with Gasteiger partial charge in [-0.25, -0.2) is 0 Å². The number of hydrogen-bond donors (Lipinski definition) is 1. The summed E-state index contributed by atoms with van der Waals surface area (Å²) in [6, 6.07) is 10.2. The molecular weight excluding hydrogens is 323 g/mol. The molecular formula is C16H14Cl2N2S. The molecule has 0 radical (unpaired) electrons. The van der Waals surface area contributed by atoms with Crippen LogP contribution in [-0.4, -0.2) is 12.0 Å². The van der Waals surface area contributed by atoms with Crippen molar-refractivity contribution in [1.29, 1.82) is 0 Å². The highest BCUT2D eigenvalue weighted by atomic mass is 35.5. The van der Waals surface area contributed by atoms with E-state index in [0.717, 1.165) is 17.5 Å². The summed E-state index contributed by atoms with van der Waals surface area (Å²) in [5.74, 6) is 0. The fourth-order valence-electron chi connectivity index (χ4n) is 2.34. The van der Waals surface area contributed by atoms with Crippen LogP contribution in [-0.2, 0) is 6.42 Å². The zero-order valence-electron chi connectivity index (χ0n) is 11.4. The van der Waals surface area contributed by atoms with E-state index in [0.29, 0.717) is 10.0 Å². The highest BCUT2D eigenvalue weighted by molar-refractivity contribution is 7.17. The number of nitrogens with one attached hydrogen (secondary N) is 1. The van der Waals surface area contributed by atoms with Crippen LogP contribution in [0.5, 0.6) is 0 Å². The van der Waals surface area contributed by atoms with Crippen LogP contribution < -0.4 is 5.32 Å². The Morgan fingerprint density at radius 2 is 2.05 bits per heavy atom. The van der Waals surface area contributed by atoms with Crippen molar-refractivity contribution in [3.05, 3.63) is 63.1 Å². The van der Waals surface area contributed by atoms with Crippen molar-refractivity contribution in [2.24, 2.45) is 0 Å². The number of fused-ring (bicyclic) bond motifs is 1. The van der Waals surface area contributed by atoms with Crippen LogP contribution in [0, 0.1) is 0 Å². The van der Waals surface area contributed by atoms with Gasteiger partial charge in [0, 0.05) is 12.2 Å². The lowest BCUT2D eigenvalue weighted by Gasteiger charge is -2.17. The molecule has 0 saturated carbocycles. The zero-order chi connectivity index (χ0) is 14.8. The summed E-state index contributed by atoms with van der Waals surface area (Å²) < 4.78 is 1.21. The molecule has 0 aliphatic rings. The predicted octanol–water partition coefficient (Wildman–Crippen LogP) is 5.11. The molecule has 0 spiro atoms. The van der Waals surface area contributed by atoms with E-state index in [-0.39, 0.29) is 6.04 Å². The van der Waals surface area contributed by atoms with Crippen molar-refractivity contribution in [2.75, 3.05) is 7.05 Å². The number of thiophene rings is 1. The summed E-state index contributed by atoms with van der Waals surface area (Å²) in [7, 11) is 1.96. The zero-order valence-corrected chi connectivity index (χ0v) is 13.8. The molecule has 1 N–H and O–H groups in total. The van der Waals surface area contributed by atoms with E-state index in [4.69, 9.17) is 23.2 Å².